The Balaban J connectivity index is 1.92. The van der Waals surface area contributed by atoms with E-state index in [0.29, 0.717) is 29.7 Å². The number of fused-ring (bicyclic) bond motifs is 1. The van der Waals surface area contributed by atoms with Crippen LogP contribution in [0.15, 0.2) is 12.1 Å². The highest BCUT2D eigenvalue weighted by atomic mass is 35.5. The normalized spacial score (nSPS) is 13.9. The van der Waals surface area contributed by atoms with Gasteiger partial charge in [-0.2, -0.15) is 0 Å². The number of hydrogen-bond acceptors (Lipinski definition) is 4. The van der Waals surface area contributed by atoms with Gasteiger partial charge in [0.25, 0.3) is 0 Å². The van der Waals surface area contributed by atoms with Gasteiger partial charge in [0, 0.05) is 19.7 Å². The Morgan fingerprint density at radius 1 is 1.37 bits per heavy atom. The van der Waals surface area contributed by atoms with Crippen LogP contribution in [0.5, 0.6) is 11.5 Å². The van der Waals surface area contributed by atoms with Crippen molar-refractivity contribution in [3.8, 4) is 11.5 Å². The highest BCUT2D eigenvalue weighted by molar-refractivity contribution is 6.32. The Bertz CT molecular complexity index is 449. The van der Waals surface area contributed by atoms with Crippen LogP contribution in [0.4, 0.5) is 0 Å². The molecule has 0 radical (unpaired) electrons. The van der Waals surface area contributed by atoms with Crippen LogP contribution in [-0.2, 0) is 11.3 Å². The van der Waals surface area contributed by atoms with Crippen molar-refractivity contribution in [2.75, 3.05) is 19.9 Å². The second-order valence-corrected chi connectivity index (χ2v) is 5.51. The molecule has 1 N–H and O–H groups in total. The molecule has 0 spiro atoms. The predicted molar refractivity (Wildman–Crippen MR) is 75.0 cm³/mol. The molecule has 1 aromatic rings. The zero-order valence-electron chi connectivity index (χ0n) is 11.6. The maximum atomic E-state index is 6.14. The van der Waals surface area contributed by atoms with Crippen molar-refractivity contribution in [2.45, 2.75) is 32.9 Å². The summed E-state index contributed by atoms with van der Waals surface area (Å²) in [5.41, 5.74) is 0.899. The first-order valence-corrected chi connectivity index (χ1v) is 6.82. The molecule has 5 heteroatoms. The summed E-state index contributed by atoms with van der Waals surface area (Å²) in [7, 11) is 0. The lowest BCUT2D eigenvalue weighted by Gasteiger charge is -2.25. The molecule has 19 heavy (non-hydrogen) atoms. The molecule has 0 unspecified atom stereocenters. The molecule has 0 aliphatic carbocycles. The van der Waals surface area contributed by atoms with Crippen molar-refractivity contribution < 1.29 is 14.2 Å². The first-order chi connectivity index (χ1) is 9.02. The predicted octanol–water partition coefficient (Wildman–Crippen LogP) is 2.97. The van der Waals surface area contributed by atoms with Crippen LogP contribution >= 0.6 is 11.6 Å². The van der Waals surface area contributed by atoms with Gasteiger partial charge in [-0.25, -0.2) is 0 Å². The van der Waals surface area contributed by atoms with Crippen LogP contribution in [0, 0.1) is 0 Å². The molecular weight excluding hydrogens is 266 g/mol. The summed E-state index contributed by atoms with van der Waals surface area (Å²) >= 11 is 6.14. The second kappa shape index (κ2) is 5.99. The average Bonchev–Trinajstić information content (AvgIpc) is 2.77. The largest absolute Gasteiger partial charge is 0.454 e. The lowest BCUT2D eigenvalue weighted by atomic mass is 10.1. The van der Waals surface area contributed by atoms with E-state index in [-0.39, 0.29) is 12.4 Å². The Labute approximate surface area is 119 Å². The fourth-order valence-electron chi connectivity index (χ4n) is 2.07. The molecular formula is C14H20ClNO3. The van der Waals surface area contributed by atoms with Crippen LogP contribution in [0.3, 0.4) is 0 Å². The maximum Gasteiger partial charge on any atom is 0.231 e. The standard InChI is InChI=1S/C14H20ClNO3/c1-4-19-14(2,3)8-16-7-10-5-11(15)13-12(6-10)17-9-18-13/h5-6,16H,4,7-9H2,1-3H3. The van der Waals surface area contributed by atoms with E-state index in [1.54, 1.807) is 0 Å². The van der Waals surface area contributed by atoms with E-state index in [4.69, 9.17) is 25.8 Å². The lowest BCUT2D eigenvalue weighted by molar-refractivity contribution is -0.00897. The minimum absolute atomic E-state index is 0.172. The van der Waals surface area contributed by atoms with E-state index in [1.807, 2.05) is 19.1 Å². The molecule has 0 atom stereocenters. The lowest BCUT2D eigenvalue weighted by Crippen LogP contribution is -2.37. The van der Waals surface area contributed by atoms with E-state index in [9.17, 15) is 0 Å². The van der Waals surface area contributed by atoms with Crippen molar-refractivity contribution in [3.05, 3.63) is 22.7 Å². The third kappa shape index (κ3) is 3.75. The van der Waals surface area contributed by atoms with Gasteiger partial charge in [-0.15, -0.1) is 0 Å². The molecule has 0 fully saturated rings. The van der Waals surface area contributed by atoms with E-state index in [0.717, 1.165) is 12.1 Å². The minimum atomic E-state index is -0.172. The Morgan fingerprint density at radius 3 is 2.89 bits per heavy atom. The monoisotopic (exact) mass is 285 g/mol. The van der Waals surface area contributed by atoms with Crippen molar-refractivity contribution in [1.82, 2.24) is 5.32 Å². The van der Waals surface area contributed by atoms with Crippen LogP contribution in [0.2, 0.25) is 5.02 Å². The first-order valence-electron chi connectivity index (χ1n) is 6.44. The Morgan fingerprint density at radius 2 is 2.16 bits per heavy atom. The summed E-state index contributed by atoms with van der Waals surface area (Å²) in [4.78, 5) is 0. The van der Waals surface area contributed by atoms with Crippen LogP contribution in [0.1, 0.15) is 26.3 Å². The SMILES string of the molecule is CCOC(C)(C)CNCc1cc(Cl)c2c(c1)OCO2. The summed E-state index contributed by atoms with van der Waals surface area (Å²) in [6.07, 6.45) is 0. The maximum absolute atomic E-state index is 6.14. The van der Waals surface area contributed by atoms with Gasteiger partial charge in [-0.3, -0.25) is 0 Å². The summed E-state index contributed by atoms with van der Waals surface area (Å²) in [6, 6.07) is 3.85. The van der Waals surface area contributed by atoms with Gasteiger partial charge >= 0.3 is 0 Å². The van der Waals surface area contributed by atoms with Crippen LogP contribution in [0.25, 0.3) is 0 Å². The van der Waals surface area contributed by atoms with Crippen molar-refractivity contribution in [1.29, 1.82) is 0 Å². The van der Waals surface area contributed by atoms with E-state index in [1.165, 1.54) is 0 Å². The Kier molecular flexibility index (Phi) is 4.55. The molecule has 0 saturated carbocycles. The highest BCUT2D eigenvalue weighted by Gasteiger charge is 2.19. The summed E-state index contributed by atoms with van der Waals surface area (Å²) in [5.74, 6) is 1.36. The van der Waals surface area contributed by atoms with Gasteiger partial charge in [-0.05, 0) is 38.5 Å². The molecule has 1 aliphatic rings. The average molecular weight is 286 g/mol. The zero-order chi connectivity index (χ0) is 13.9. The molecule has 0 bridgehead atoms. The summed E-state index contributed by atoms with van der Waals surface area (Å²) < 4.78 is 16.3. The van der Waals surface area contributed by atoms with Gasteiger partial charge in [0.05, 0.1) is 10.6 Å². The molecule has 106 valence electrons. The molecule has 2 rings (SSSR count). The van der Waals surface area contributed by atoms with Gasteiger partial charge < -0.3 is 19.5 Å². The molecule has 0 aromatic heterocycles. The number of benzene rings is 1. The number of rotatable bonds is 6. The van der Waals surface area contributed by atoms with E-state index < -0.39 is 0 Å². The third-order valence-corrected chi connectivity index (χ3v) is 3.18. The van der Waals surface area contributed by atoms with E-state index in [2.05, 4.69) is 19.2 Å². The molecule has 1 heterocycles. The van der Waals surface area contributed by atoms with Gasteiger partial charge in [-0.1, -0.05) is 11.6 Å². The fraction of sp³-hybridized carbons (Fsp3) is 0.571. The van der Waals surface area contributed by atoms with Crippen molar-refractivity contribution in [2.24, 2.45) is 0 Å². The van der Waals surface area contributed by atoms with E-state index >= 15 is 0 Å². The van der Waals surface area contributed by atoms with Crippen LogP contribution < -0.4 is 14.8 Å². The zero-order valence-corrected chi connectivity index (χ0v) is 12.3. The molecule has 1 aromatic carbocycles. The second-order valence-electron chi connectivity index (χ2n) is 5.11. The molecule has 1 aliphatic heterocycles. The number of nitrogens with one attached hydrogen (secondary N) is 1. The molecule has 0 amide bonds. The van der Waals surface area contributed by atoms with Crippen molar-refractivity contribution in [3.63, 3.8) is 0 Å². The smallest absolute Gasteiger partial charge is 0.231 e. The Hall–Kier alpha value is -0.970. The summed E-state index contributed by atoms with van der Waals surface area (Å²) in [6.45, 7) is 8.57. The molecule has 4 nitrogen and oxygen atoms in total. The number of hydrogen-bond donors (Lipinski definition) is 1. The highest BCUT2D eigenvalue weighted by Crippen LogP contribution is 2.39. The van der Waals surface area contributed by atoms with Crippen molar-refractivity contribution >= 4 is 11.6 Å². The first kappa shape index (κ1) is 14.4. The van der Waals surface area contributed by atoms with Crippen LogP contribution in [-0.4, -0.2) is 25.5 Å². The minimum Gasteiger partial charge on any atom is -0.454 e. The van der Waals surface area contributed by atoms with Gasteiger partial charge in [0.15, 0.2) is 11.5 Å². The van der Waals surface area contributed by atoms with Gasteiger partial charge in [0.2, 0.25) is 6.79 Å². The quantitative estimate of drug-likeness (QED) is 0.872. The molecule has 0 saturated heterocycles. The fourth-order valence-corrected chi connectivity index (χ4v) is 2.36. The number of ether oxygens (including phenoxy) is 3. The number of halogens is 1. The topological polar surface area (TPSA) is 39.7 Å². The summed E-state index contributed by atoms with van der Waals surface area (Å²) in [5, 5.41) is 3.96. The van der Waals surface area contributed by atoms with Gasteiger partial charge in [0.1, 0.15) is 0 Å². The third-order valence-electron chi connectivity index (χ3n) is 2.90.